The third-order valence-electron chi connectivity index (χ3n) is 4.70. The highest BCUT2D eigenvalue weighted by molar-refractivity contribution is 7.99. The number of amides is 1. The molecule has 2 aromatic rings. The summed E-state index contributed by atoms with van der Waals surface area (Å²) >= 11 is 1.70. The zero-order valence-corrected chi connectivity index (χ0v) is 17.2. The van der Waals surface area contributed by atoms with Gasteiger partial charge < -0.3 is 10.2 Å². The summed E-state index contributed by atoms with van der Waals surface area (Å²) < 4.78 is 1.90. The molecule has 3 rings (SSSR count). The second-order valence-electron chi connectivity index (χ2n) is 6.93. The Morgan fingerprint density at radius 2 is 2.04 bits per heavy atom. The standard InChI is InChI=1S/C19H30N6OS/c1-3-5-8-16(26)20-9-12-25-18-15(14-21-25)17(24-10-6-7-11-24)22-19(23-18)27-13-4-2/h14H,3-13H2,1-2H3,(H,20,26). The van der Waals surface area contributed by atoms with Crippen LogP contribution in [0, 0.1) is 0 Å². The number of unbranched alkanes of at least 4 members (excludes halogenated alkanes) is 1. The van der Waals surface area contributed by atoms with Crippen molar-refractivity contribution in [3.8, 4) is 0 Å². The number of aromatic nitrogens is 4. The Hall–Kier alpha value is -1.83. The number of carbonyl (C=O) groups is 1. The minimum absolute atomic E-state index is 0.111. The lowest BCUT2D eigenvalue weighted by Crippen LogP contribution is -2.27. The Kier molecular flexibility index (Phi) is 7.32. The van der Waals surface area contributed by atoms with Gasteiger partial charge in [0.1, 0.15) is 5.82 Å². The van der Waals surface area contributed by atoms with Crippen molar-refractivity contribution in [2.75, 3.05) is 30.3 Å². The van der Waals surface area contributed by atoms with E-state index in [4.69, 9.17) is 9.97 Å². The molecule has 8 heteroatoms. The number of nitrogens with zero attached hydrogens (tertiary/aromatic N) is 5. The van der Waals surface area contributed by atoms with E-state index in [1.54, 1.807) is 11.8 Å². The van der Waals surface area contributed by atoms with Crippen LogP contribution in [0.2, 0.25) is 0 Å². The first-order valence-electron chi connectivity index (χ1n) is 10.1. The zero-order valence-electron chi connectivity index (χ0n) is 16.4. The fourth-order valence-electron chi connectivity index (χ4n) is 3.24. The van der Waals surface area contributed by atoms with Crippen LogP contribution in [0.4, 0.5) is 5.82 Å². The molecular weight excluding hydrogens is 360 g/mol. The van der Waals surface area contributed by atoms with Crippen molar-refractivity contribution < 1.29 is 4.79 Å². The van der Waals surface area contributed by atoms with E-state index >= 15 is 0 Å². The highest BCUT2D eigenvalue weighted by atomic mass is 32.2. The van der Waals surface area contributed by atoms with Gasteiger partial charge in [-0.1, -0.05) is 32.0 Å². The first kappa shape index (κ1) is 19.9. The highest BCUT2D eigenvalue weighted by Gasteiger charge is 2.20. The van der Waals surface area contributed by atoms with Crippen LogP contribution in [0.25, 0.3) is 11.0 Å². The molecule has 1 fully saturated rings. The van der Waals surface area contributed by atoms with E-state index in [0.29, 0.717) is 19.5 Å². The molecule has 1 aliphatic heterocycles. The first-order valence-corrected chi connectivity index (χ1v) is 11.1. The normalized spacial score (nSPS) is 14.2. The Balaban J connectivity index is 1.77. The Bertz CT molecular complexity index is 756. The van der Waals surface area contributed by atoms with Crippen molar-refractivity contribution in [3.63, 3.8) is 0 Å². The number of hydrogen-bond acceptors (Lipinski definition) is 6. The van der Waals surface area contributed by atoms with Gasteiger partial charge in [0.15, 0.2) is 10.8 Å². The fourth-order valence-corrected chi connectivity index (χ4v) is 3.93. The lowest BCUT2D eigenvalue weighted by molar-refractivity contribution is -0.121. The SMILES string of the molecule is CCCCC(=O)NCCn1ncc2c(N3CCCC3)nc(SCCC)nc21. The molecule has 1 aliphatic rings. The molecule has 0 bridgehead atoms. The summed E-state index contributed by atoms with van der Waals surface area (Å²) in [5.41, 5.74) is 0.869. The topological polar surface area (TPSA) is 75.9 Å². The summed E-state index contributed by atoms with van der Waals surface area (Å²) in [6.07, 6.45) is 7.94. The quantitative estimate of drug-likeness (QED) is 0.496. The van der Waals surface area contributed by atoms with E-state index in [1.165, 1.54) is 12.8 Å². The smallest absolute Gasteiger partial charge is 0.220 e. The monoisotopic (exact) mass is 390 g/mol. The molecule has 3 heterocycles. The van der Waals surface area contributed by atoms with Crippen LogP contribution in [-0.4, -0.2) is 51.0 Å². The van der Waals surface area contributed by atoms with Gasteiger partial charge in [-0.3, -0.25) is 4.79 Å². The van der Waals surface area contributed by atoms with Gasteiger partial charge in [0.2, 0.25) is 5.91 Å². The van der Waals surface area contributed by atoms with Gasteiger partial charge in [0.05, 0.1) is 18.1 Å². The van der Waals surface area contributed by atoms with Crippen LogP contribution in [0.15, 0.2) is 11.4 Å². The lowest BCUT2D eigenvalue weighted by Gasteiger charge is -2.18. The summed E-state index contributed by atoms with van der Waals surface area (Å²) in [4.78, 5) is 23.8. The molecule has 1 amide bonds. The van der Waals surface area contributed by atoms with Gasteiger partial charge in [-0.05, 0) is 25.7 Å². The van der Waals surface area contributed by atoms with E-state index in [-0.39, 0.29) is 5.91 Å². The number of carbonyl (C=O) groups excluding carboxylic acids is 1. The van der Waals surface area contributed by atoms with Crippen molar-refractivity contribution in [2.45, 2.75) is 64.1 Å². The minimum atomic E-state index is 0.111. The third kappa shape index (κ3) is 5.12. The van der Waals surface area contributed by atoms with Crippen molar-refractivity contribution in [2.24, 2.45) is 0 Å². The Morgan fingerprint density at radius 3 is 2.78 bits per heavy atom. The second-order valence-corrected chi connectivity index (χ2v) is 7.99. The largest absolute Gasteiger partial charge is 0.356 e. The van der Waals surface area contributed by atoms with Gasteiger partial charge in [-0.2, -0.15) is 5.10 Å². The summed E-state index contributed by atoms with van der Waals surface area (Å²) in [5, 5.41) is 9.34. The molecule has 0 radical (unpaired) electrons. The van der Waals surface area contributed by atoms with Crippen molar-refractivity contribution in [1.29, 1.82) is 0 Å². The third-order valence-corrected chi connectivity index (χ3v) is 5.75. The molecule has 1 N–H and O–H groups in total. The van der Waals surface area contributed by atoms with E-state index in [0.717, 1.165) is 60.1 Å². The van der Waals surface area contributed by atoms with Gasteiger partial charge in [0, 0.05) is 31.8 Å². The number of nitrogens with one attached hydrogen (secondary N) is 1. The Morgan fingerprint density at radius 1 is 1.22 bits per heavy atom. The first-order chi connectivity index (χ1) is 13.2. The van der Waals surface area contributed by atoms with Gasteiger partial charge in [-0.15, -0.1) is 0 Å². The summed E-state index contributed by atoms with van der Waals surface area (Å²) in [7, 11) is 0. The molecule has 0 aliphatic carbocycles. The minimum Gasteiger partial charge on any atom is -0.356 e. The average Bonchev–Trinajstić information content (AvgIpc) is 3.34. The zero-order chi connectivity index (χ0) is 19.1. The Labute approximate surface area is 165 Å². The van der Waals surface area contributed by atoms with Crippen molar-refractivity contribution >= 4 is 34.5 Å². The number of thioether (sulfide) groups is 1. The molecule has 148 valence electrons. The van der Waals surface area contributed by atoms with Crippen molar-refractivity contribution in [3.05, 3.63) is 6.20 Å². The molecule has 1 saturated heterocycles. The number of rotatable bonds is 10. The maximum atomic E-state index is 11.8. The second kappa shape index (κ2) is 9.92. The van der Waals surface area contributed by atoms with Crippen LogP contribution < -0.4 is 10.2 Å². The van der Waals surface area contributed by atoms with E-state index in [2.05, 4.69) is 29.2 Å². The predicted molar refractivity (Wildman–Crippen MR) is 110 cm³/mol. The van der Waals surface area contributed by atoms with Crippen LogP contribution in [-0.2, 0) is 11.3 Å². The molecule has 27 heavy (non-hydrogen) atoms. The van der Waals surface area contributed by atoms with Crippen LogP contribution in [0.1, 0.15) is 52.4 Å². The highest BCUT2D eigenvalue weighted by Crippen LogP contribution is 2.29. The number of hydrogen-bond donors (Lipinski definition) is 1. The summed E-state index contributed by atoms with van der Waals surface area (Å²) in [5.74, 6) is 2.13. The molecule has 0 spiro atoms. The van der Waals surface area contributed by atoms with Gasteiger partial charge in [-0.25, -0.2) is 14.6 Å². The van der Waals surface area contributed by atoms with Crippen LogP contribution >= 0.6 is 11.8 Å². The number of anilines is 1. The number of fused-ring (bicyclic) bond motifs is 1. The molecule has 7 nitrogen and oxygen atoms in total. The molecule has 0 aromatic carbocycles. The fraction of sp³-hybridized carbons (Fsp3) is 0.684. The molecule has 2 aromatic heterocycles. The van der Waals surface area contributed by atoms with Gasteiger partial charge in [0.25, 0.3) is 0 Å². The van der Waals surface area contributed by atoms with Crippen LogP contribution in [0.3, 0.4) is 0 Å². The van der Waals surface area contributed by atoms with Crippen LogP contribution in [0.5, 0.6) is 0 Å². The van der Waals surface area contributed by atoms with Gasteiger partial charge >= 0.3 is 0 Å². The van der Waals surface area contributed by atoms with E-state index in [1.807, 2.05) is 10.9 Å². The maximum absolute atomic E-state index is 11.8. The summed E-state index contributed by atoms with van der Waals surface area (Å²) in [6, 6.07) is 0. The van der Waals surface area contributed by atoms with E-state index < -0.39 is 0 Å². The molecule has 0 atom stereocenters. The molecular formula is C19H30N6OS. The van der Waals surface area contributed by atoms with E-state index in [9.17, 15) is 4.79 Å². The van der Waals surface area contributed by atoms with Crippen molar-refractivity contribution in [1.82, 2.24) is 25.1 Å². The maximum Gasteiger partial charge on any atom is 0.220 e. The average molecular weight is 391 g/mol. The molecule has 0 unspecified atom stereocenters. The molecule has 0 saturated carbocycles. The lowest BCUT2D eigenvalue weighted by atomic mass is 10.2. The predicted octanol–water partition coefficient (Wildman–Crippen LogP) is 3.24. The summed E-state index contributed by atoms with van der Waals surface area (Å²) in [6.45, 7) is 7.54.